The largest absolute Gasteiger partial charge is 0.357 e. The molecule has 140 valence electrons. The molecule has 0 radical (unpaired) electrons. The van der Waals surface area contributed by atoms with Crippen molar-refractivity contribution in [2.24, 2.45) is 10.9 Å². The van der Waals surface area contributed by atoms with Gasteiger partial charge in [-0.15, -0.1) is 46.7 Å². The van der Waals surface area contributed by atoms with Crippen LogP contribution in [0.3, 0.4) is 0 Å². The van der Waals surface area contributed by atoms with Crippen molar-refractivity contribution in [3.8, 4) is 0 Å². The number of aryl methyl sites for hydroxylation is 2. The van der Waals surface area contributed by atoms with Gasteiger partial charge in [-0.2, -0.15) is 0 Å². The molecule has 2 aromatic rings. The summed E-state index contributed by atoms with van der Waals surface area (Å²) < 4.78 is 0. The van der Waals surface area contributed by atoms with E-state index in [-0.39, 0.29) is 24.0 Å². The lowest BCUT2D eigenvalue weighted by atomic mass is 10.1. The number of thiophene rings is 1. The Morgan fingerprint density at radius 2 is 2.12 bits per heavy atom. The molecule has 0 saturated heterocycles. The molecule has 0 spiro atoms. The van der Waals surface area contributed by atoms with Crippen LogP contribution in [0, 0.1) is 19.8 Å². The molecule has 1 atom stereocenters. The molecule has 0 aliphatic rings. The molecule has 0 aliphatic carbocycles. The van der Waals surface area contributed by atoms with Crippen LogP contribution in [0.5, 0.6) is 0 Å². The van der Waals surface area contributed by atoms with Crippen molar-refractivity contribution < 1.29 is 0 Å². The third kappa shape index (κ3) is 8.04. The van der Waals surface area contributed by atoms with Crippen molar-refractivity contribution in [3.05, 3.63) is 38.0 Å². The van der Waals surface area contributed by atoms with E-state index in [1.165, 1.54) is 14.8 Å². The lowest BCUT2D eigenvalue weighted by molar-refractivity contribution is 0.595. The number of hydrogen-bond acceptors (Lipinski definition) is 4. The predicted molar refractivity (Wildman–Crippen MR) is 122 cm³/mol. The second-order valence-electron chi connectivity index (χ2n) is 6.03. The molecule has 4 nitrogen and oxygen atoms in total. The summed E-state index contributed by atoms with van der Waals surface area (Å²) in [5.74, 6) is 1.45. The van der Waals surface area contributed by atoms with Gasteiger partial charge in [0.1, 0.15) is 0 Å². The fourth-order valence-electron chi connectivity index (χ4n) is 2.36. The maximum Gasteiger partial charge on any atom is 0.191 e. The molecule has 2 N–H and O–H groups in total. The zero-order valence-corrected chi connectivity index (χ0v) is 19.4. The van der Waals surface area contributed by atoms with Gasteiger partial charge in [0.2, 0.25) is 0 Å². The molecular weight excluding hydrogens is 463 g/mol. The third-order valence-electron chi connectivity index (χ3n) is 3.74. The summed E-state index contributed by atoms with van der Waals surface area (Å²) in [6, 6.07) is 4.32. The minimum Gasteiger partial charge on any atom is -0.357 e. The number of thiazole rings is 1. The van der Waals surface area contributed by atoms with Gasteiger partial charge >= 0.3 is 0 Å². The summed E-state index contributed by atoms with van der Waals surface area (Å²) in [5, 5.41) is 10.1. The van der Waals surface area contributed by atoms with E-state index in [4.69, 9.17) is 4.99 Å². The second kappa shape index (κ2) is 11.9. The number of guanidine groups is 1. The average molecular weight is 492 g/mol. The van der Waals surface area contributed by atoms with Crippen LogP contribution in [0.25, 0.3) is 0 Å². The Labute approximate surface area is 176 Å². The molecule has 0 amide bonds. The van der Waals surface area contributed by atoms with Crippen molar-refractivity contribution in [1.29, 1.82) is 0 Å². The average Bonchev–Trinajstić information content (AvgIpc) is 3.15. The van der Waals surface area contributed by atoms with Crippen LogP contribution in [-0.2, 0) is 12.8 Å². The summed E-state index contributed by atoms with van der Waals surface area (Å²) in [7, 11) is 0. The van der Waals surface area contributed by atoms with Crippen molar-refractivity contribution >= 4 is 52.6 Å². The fourth-order valence-corrected chi connectivity index (χ4v) is 4.16. The van der Waals surface area contributed by atoms with Gasteiger partial charge < -0.3 is 10.6 Å². The summed E-state index contributed by atoms with van der Waals surface area (Å²) in [6.45, 7) is 11.1. The minimum atomic E-state index is 0. The second-order valence-corrected chi connectivity index (χ2v) is 8.35. The predicted octanol–water partition coefficient (Wildman–Crippen LogP) is 4.42. The number of halogens is 1. The maximum absolute atomic E-state index is 4.73. The van der Waals surface area contributed by atoms with E-state index >= 15 is 0 Å². The normalized spacial score (nSPS) is 12.6. The highest BCUT2D eigenvalue weighted by Gasteiger charge is 2.06. The number of aliphatic imine (C=N–C) groups is 1. The Morgan fingerprint density at radius 1 is 1.32 bits per heavy atom. The van der Waals surface area contributed by atoms with Gasteiger partial charge in [-0.25, -0.2) is 4.98 Å². The van der Waals surface area contributed by atoms with E-state index in [9.17, 15) is 0 Å². The topological polar surface area (TPSA) is 49.3 Å². The molecular formula is C18H29IN4S2. The van der Waals surface area contributed by atoms with Gasteiger partial charge in [0.25, 0.3) is 0 Å². The number of rotatable bonds is 8. The van der Waals surface area contributed by atoms with Crippen LogP contribution in [-0.4, -0.2) is 30.6 Å². The van der Waals surface area contributed by atoms with E-state index in [2.05, 4.69) is 60.8 Å². The third-order valence-corrected chi connectivity index (χ3v) is 5.77. The molecule has 2 rings (SSSR count). The SMILES string of the molecule is CCNC(=NCC(C)Cc1cccs1)NCCc1nc(C)c(C)s1.I. The number of nitrogens with zero attached hydrogens (tertiary/aromatic N) is 2. The monoisotopic (exact) mass is 492 g/mol. The van der Waals surface area contributed by atoms with Crippen molar-refractivity contribution in [3.63, 3.8) is 0 Å². The quantitative estimate of drug-likeness (QED) is 0.326. The first-order valence-corrected chi connectivity index (χ1v) is 10.3. The highest BCUT2D eigenvalue weighted by Crippen LogP contribution is 2.16. The van der Waals surface area contributed by atoms with Crippen LogP contribution in [0.2, 0.25) is 0 Å². The standard InChI is InChI=1S/C18H28N4S2.HI/c1-5-19-18(20-9-8-17-22-14(3)15(4)24-17)21-12-13(2)11-16-7-6-10-23-16;/h6-7,10,13H,5,8-9,11-12H2,1-4H3,(H2,19,20,21);1H. The Kier molecular flexibility index (Phi) is 10.6. The molecule has 0 saturated carbocycles. The number of aromatic nitrogens is 1. The molecule has 25 heavy (non-hydrogen) atoms. The van der Waals surface area contributed by atoms with E-state index in [0.717, 1.165) is 44.1 Å². The molecule has 2 aromatic heterocycles. The lowest BCUT2D eigenvalue weighted by Crippen LogP contribution is -2.38. The van der Waals surface area contributed by atoms with E-state index < -0.39 is 0 Å². The van der Waals surface area contributed by atoms with Crippen molar-refractivity contribution in [2.75, 3.05) is 19.6 Å². The van der Waals surface area contributed by atoms with Gasteiger partial charge in [-0.1, -0.05) is 13.0 Å². The smallest absolute Gasteiger partial charge is 0.191 e. The van der Waals surface area contributed by atoms with Gasteiger partial charge in [-0.3, -0.25) is 4.99 Å². The minimum absolute atomic E-state index is 0. The zero-order valence-electron chi connectivity index (χ0n) is 15.5. The van der Waals surface area contributed by atoms with Gasteiger partial charge in [0.15, 0.2) is 5.96 Å². The van der Waals surface area contributed by atoms with Crippen LogP contribution < -0.4 is 10.6 Å². The van der Waals surface area contributed by atoms with Crippen LogP contribution >= 0.6 is 46.7 Å². The molecule has 1 unspecified atom stereocenters. The Bertz CT molecular complexity index is 618. The van der Waals surface area contributed by atoms with E-state index in [1.807, 2.05) is 11.3 Å². The summed E-state index contributed by atoms with van der Waals surface area (Å²) in [4.78, 5) is 12.1. The molecule has 0 aromatic carbocycles. The van der Waals surface area contributed by atoms with E-state index in [1.54, 1.807) is 11.3 Å². The van der Waals surface area contributed by atoms with Crippen molar-refractivity contribution in [2.45, 2.75) is 40.5 Å². The number of hydrogen-bond donors (Lipinski definition) is 2. The summed E-state index contributed by atoms with van der Waals surface area (Å²) in [5.41, 5.74) is 1.15. The van der Waals surface area contributed by atoms with Crippen LogP contribution in [0.4, 0.5) is 0 Å². The molecule has 0 bridgehead atoms. The summed E-state index contributed by atoms with van der Waals surface area (Å²) in [6.07, 6.45) is 2.03. The first-order valence-electron chi connectivity index (χ1n) is 8.56. The number of nitrogens with one attached hydrogen (secondary N) is 2. The Balaban J connectivity index is 0.00000312. The molecule has 7 heteroatoms. The lowest BCUT2D eigenvalue weighted by Gasteiger charge is -2.12. The Hall–Kier alpha value is -0.670. The molecule has 2 heterocycles. The molecule has 0 fully saturated rings. The van der Waals surface area contributed by atoms with Gasteiger partial charge in [0, 0.05) is 35.8 Å². The fraction of sp³-hybridized carbons (Fsp3) is 0.556. The van der Waals surface area contributed by atoms with Crippen LogP contribution in [0.15, 0.2) is 22.5 Å². The Morgan fingerprint density at radius 3 is 2.72 bits per heavy atom. The van der Waals surface area contributed by atoms with Crippen molar-refractivity contribution in [1.82, 2.24) is 15.6 Å². The van der Waals surface area contributed by atoms with Gasteiger partial charge in [-0.05, 0) is 44.6 Å². The summed E-state index contributed by atoms with van der Waals surface area (Å²) >= 11 is 3.61. The van der Waals surface area contributed by atoms with Gasteiger partial charge in [0.05, 0.1) is 10.7 Å². The molecule has 0 aliphatic heterocycles. The first kappa shape index (κ1) is 22.4. The zero-order chi connectivity index (χ0) is 17.4. The maximum atomic E-state index is 4.73. The highest BCUT2D eigenvalue weighted by molar-refractivity contribution is 14.0. The van der Waals surface area contributed by atoms with Crippen LogP contribution in [0.1, 0.15) is 34.3 Å². The first-order chi connectivity index (χ1) is 11.6. The van der Waals surface area contributed by atoms with E-state index in [0.29, 0.717) is 5.92 Å². The highest BCUT2D eigenvalue weighted by atomic mass is 127.